The van der Waals surface area contributed by atoms with Crippen LogP contribution in [0.1, 0.15) is 16.1 Å². The Morgan fingerprint density at radius 1 is 1.11 bits per heavy atom. The minimum Gasteiger partial charge on any atom is -0.394 e. The summed E-state index contributed by atoms with van der Waals surface area (Å²) in [6.07, 6.45) is -1.93. The number of aliphatic hydroxyl groups excluding tert-OH is 1. The molecular weight excluding hydrogens is 504 g/mol. The van der Waals surface area contributed by atoms with Gasteiger partial charge >= 0.3 is 6.18 Å². The van der Waals surface area contributed by atoms with Gasteiger partial charge in [0.15, 0.2) is 11.5 Å². The molecule has 0 spiro atoms. The van der Waals surface area contributed by atoms with Crippen molar-refractivity contribution in [2.75, 3.05) is 12.3 Å². The molecule has 5 rings (SSSR count). The van der Waals surface area contributed by atoms with Crippen LogP contribution in [0.2, 0.25) is 0 Å². The van der Waals surface area contributed by atoms with Crippen LogP contribution < -0.4 is 11.1 Å². The van der Waals surface area contributed by atoms with Crippen molar-refractivity contribution in [1.82, 2.24) is 24.7 Å². The van der Waals surface area contributed by atoms with Crippen LogP contribution in [0, 0.1) is 12.7 Å². The molecule has 0 bridgehead atoms. The van der Waals surface area contributed by atoms with E-state index in [4.69, 9.17) is 10.8 Å². The zero-order valence-electron chi connectivity index (χ0n) is 19.8. The molecule has 0 aliphatic carbocycles. The zero-order valence-corrected chi connectivity index (χ0v) is 19.8. The summed E-state index contributed by atoms with van der Waals surface area (Å²) >= 11 is 0. The smallest absolute Gasteiger partial charge is 0.394 e. The lowest BCUT2D eigenvalue weighted by molar-refractivity contribution is -0.161. The number of nitrogen functional groups attached to an aromatic ring is 1. The number of pyridine rings is 1. The molecule has 38 heavy (non-hydrogen) atoms. The van der Waals surface area contributed by atoms with Crippen molar-refractivity contribution in [1.29, 1.82) is 0 Å². The van der Waals surface area contributed by atoms with Crippen molar-refractivity contribution >= 4 is 28.3 Å². The average molecular weight is 524 g/mol. The van der Waals surface area contributed by atoms with Gasteiger partial charge < -0.3 is 16.2 Å². The molecular formula is C26H20F4N6O2. The fourth-order valence-electron chi connectivity index (χ4n) is 4.16. The number of amides is 1. The molecule has 1 amide bonds. The highest BCUT2D eigenvalue weighted by Gasteiger charge is 2.40. The number of anilines is 1. The lowest BCUT2D eigenvalue weighted by Crippen LogP contribution is -2.47. The standard InChI is InChI=1S/C26H20F4N6O2/c1-13-8-9-32-18-7-4-15(10-17(13)18)22-21(14-2-5-16(27)6-3-14)35-23(31)24-33-19(11-36(22)24)25(38)34-20(12-37)26(28,29)30/h2-11,20,37H,12H2,1H3,(H2,31,35)(H,34,38). The van der Waals surface area contributed by atoms with Crippen LogP contribution in [0.15, 0.2) is 60.9 Å². The summed E-state index contributed by atoms with van der Waals surface area (Å²) in [4.78, 5) is 25.7. The maximum Gasteiger partial charge on any atom is 0.410 e. The second kappa shape index (κ2) is 9.38. The van der Waals surface area contributed by atoms with E-state index < -0.39 is 30.5 Å². The third kappa shape index (κ3) is 4.50. The van der Waals surface area contributed by atoms with Gasteiger partial charge in [-0.05, 0) is 55.0 Å². The highest BCUT2D eigenvalue weighted by Crippen LogP contribution is 2.35. The lowest BCUT2D eigenvalue weighted by Gasteiger charge is -2.18. The average Bonchev–Trinajstić information content (AvgIpc) is 3.33. The van der Waals surface area contributed by atoms with Gasteiger partial charge in [0.1, 0.15) is 17.6 Å². The maximum absolute atomic E-state index is 13.7. The molecule has 0 aliphatic rings. The fourth-order valence-corrected chi connectivity index (χ4v) is 4.16. The maximum atomic E-state index is 13.7. The Morgan fingerprint density at radius 3 is 2.50 bits per heavy atom. The molecule has 12 heteroatoms. The van der Waals surface area contributed by atoms with Crippen molar-refractivity contribution in [2.24, 2.45) is 0 Å². The number of carbonyl (C=O) groups is 1. The predicted molar refractivity (Wildman–Crippen MR) is 133 cm³/mol. The van der Waals surface area contributed by atoms with E-state index in [0.29, 0.717) is 22.5 Å². The molecule has 1 atom stereocenters. The van der Waals surface area contributed by atoms with Crippen LogP contribution in [-0.4, -0.2) is 49.2 Å². The normalized spacial score (nSPS) is 12.7. The van der Waals surface area contributed by atoms with E-state index in [1.165, 1.54) is 34.9 Å². The SMILES string of the molecule is Cc1ccnc2ccc(-c3c(-c4ccc(F)cc4)nc(N)c4nc(C(=O)NC(CO)C(F)(F)F)cn34)cc12. The predicted octanol–water partition coefficient (Wildman–Crippen LogP) is 4.29. The highest BCUT2D eigenvalue weighted by atomic mass is 19.4. The quantitative estimate of drug-likeness (QED) is 0.295. The number of nitrogens with zero attached hydrogens (tertiary/aromatic N) is 4. The van der Waals surface area contributed by atoms with E-state index in [0.717, 1.165) is 16.5 Å². The number of carbonyl (C=O) groups excluding carboxylic acids is 1. The van der Waals surface area contributed by atoms with Crippen molar-refractivity contribution in [3.05, 3.63) is 78.0 Å². The van der Waals surface area contributed by atoms with Crippen LogP contribution >= 0.6 is 0 Å². The Kier molecular flexibility index (Phi) is 6.19. The summed E-state index contributed by atoms with van der Waals surface area (Å²) in [5.41, 5.74) is 9.42. The monoisotopic (exact) mass is 524 g/mol. The number of imidazole rings is 1. The van der Waals surface area contributed by atoms with Gasteiger partial charge in [0.2, 0.25) is 0 Å². The number of halogens is 4. The minimum atomic E-state index is -4.86. The van der Waals surface area contributed by atoms with E-state index in [1.54, 1.807) is 23.6 Å². The number of nitrogens with two attached hydrogens (primary N) is 1. The van der Waals surface area contributed by atoms with Gasteiger partial charge in [0.25, 0.3) is 5.91 Å². The summed E-state index contributed by atoms with van der Waals surface area (Å²) < 4.78 is 54.5. The van der Waals surface area contributed by atoms with Crippen LogP contribution in [-0.2, 0) is 0 Å². The summed E-state index contributed by atoms with van der Waals surface area (Å²) in [6, 6.07) is 10.4. The number of aromatic nitrogens is 4. The van der Waals surface area contributed by atoms with E-state index in [-0.39, 0.29) is 17.2 Å². The first kappa shape index (κ1) is 25.1. The molecule has 0 radical (unpaired) electrons. The molecule has 2 aromatic carbocycles. The van der Waals surface area contributed by atoms with Gasteiger partial charge in [0.05, 0.1) is 23.5 Å². The molecule has 4 N–H and O–H groups in total. The topological polar surface area (TPSA) is 118 Å². The first-order valence-corrected chi connectivity index (χ1v) is 11.4. The Hall–Kier alpha value is -4.58. The van der Waals surface area contributed by atoms with Crippen LogP contribution in [0.25, 0.3) is 39.1 Å². The number of aliphatic hydroxyl groups is 1. The Bertz CT molecular complexity index is 1680. The number of hydrogen-bond donors (Lipinski definition) is 3. The molecule has 194 valence electrons. The number of fused-ring (bicyclic) bond motifs is 2. The first-order chi connectivity index (χ1) is 18.1. The van der Waals surface area contributed by atoms with Crippen molar-refractivity contribution in [3.8, 4) is 22.5 Å². The van der Waals surface area contributed by atoms with E-state index in [2.05, 4.69) is 15.0 Å². The first-order valence-electron chi connectivity index (χ1n) is 11.4. The molecule has 8 nitrogen and oxygen atoms in total. The molecule has 5 aromatic rings. The summed E-state index contributed by atoms with van der Waals surface area (Å²) in [7, 11) is 0. The van der Waals surface area contributed by atoms with Crippen LogP contribution in [0.3, 0.4) is 0 Å². The molecule has 1 unspecified atom stereocenters. The van der Waals surface area contributed by atoms with Crippen LogP contribution in [0.4, 0.5) is 23.4 Å². The van der Waals surface area contributed by atoms with Gasteiger partial charge in [-0.1, -0.05) is 6.07 Å². The fraction of sp³-hybridized carbons (Fsp3) is 0.154. The lowest BCUT2D eigenvalue weighted by atomic mass is 10.0. The molecule has 0 saturated carbocycles. The summed E-state index contributed by atoms with van der Waals surface area (Å²) in [5, 5.41) is 11.7. The third-order valence-corrected chi connectivity index (χ3v) is 6.10. The number of hydrogen-bond acceptors (Lipinski definition) is 6. The molecule has 0 saturated heterocycles. The Balaban J connectivity index is 1.74. The van der Waals surface area contributed by atoms with Crippen molar-refractivity contribution in [2.45, 2.75) is 19.1 Å². The number of rotatable bonds is 5. The van der Waals surface area contributed by atoms with Gasteiger partial charge in [-0.15, -0.1) is 0 Å². The number of alkyl halides is 3. The Labute approximate surface area is 212 Å². The summed E-state index contributed by atoms with van der Waals surface area (Å²) in [6.45, 7) is 0.583. The molecule has 0 aliphatic heterocycles. The second-order valence-corrected chi connectivity index (χ2v) is 8.63. The highest BCUT2D eigenvalue weighted by molar-refractivity contribution is 5.95. The second-order valence-electron chi connectivity index (χ2n) is 8.63. The molecule has 3 heterocycles. The molecule has 3 aromatic heterocycles. The van der Waals surface area contributed by atoms with Gasteiger partial charge in [-0.3, -0.25) is 14.2 Å². The largest absolute Gasteiger partial charge is 0.410 e. The van der Waals surface area contributed by atoms with Gasteiger partial charge in [0, 0.05) is 28.9 Å². The zero-order chi connectivity index (χ0) is 27.2. The third-order valence-electron chi connectivity index (χ3n) is 6.10. The molecule has 0 fully saturated rings. The van der Waals surface area contributed by atoms with Gasteiger partial charge in [-0.25, -0.2) is 14.4 Å². The minimum absolute atomic E-state index is 0.0339. The van der Waals surface area contributed by atoms with Crippen LogP contribution in [0.5, 0.6) is 0 Å². The number of nitrogens with one attached hydrogen (secondary N) is 1. The van der Waals surface area contributed by atoms with E-state index in [1.807, 2.05) is 19.1 Å². The van der Waals surface area contributed by atoms with Crippen molar-refractivity contribution < 1.29 is 27.5 Å². The van der Waals surface area contributed by atoms with Gasteiger partial charge in [-0.2, -0.15) is 13.2 Å². The van der Waals surface area contributed by atoms with E-state index >= 15 is 0 Å². The number of aryl methyl sites for hydroxylation is 1. The number of benzene rings is 2. The summed E-state index contributed by atoms with van der Waals surface area (Å²) in [5.74, 6) is -1.71. The van der Waals surface area contributed by atoms with E-state index in [9.17, 15) is 22.4 Å². The van der Waals surface area contributed by atoms with Crippen molar-refractivity contribution in [3.63, 3.8) is 0 Å². The Morgan fingerprint density at radius 2 is 1.82 bits per heavy atom.